The summed E-state index contributed by atoms with van der Waals surface area (Å²) in [7, 11) is 0. The van der Waals surface area contributed by atoms with Gasteiger partial charge in [-0.25, -0.2) is 4.39 Å². The molecule has 0 aromatic heterocycles. The van der Waals surface area contributed by atoms with Crippen LogP contribution in [-0.4, -0.2) is 5.84 Å². The Kier molecular flexibility index (Phi) is 4.21. The van der Waals surface area contributed by atoms with Crippen LogP contribution < -0.4 is 10.5 Å². The zero-order valence-corrected chi connectivity index (χ0v) is 12.8. The van der Waals surface area contributed by atoms with Gasteiger partial charge in [0.1, 0.15) is 11.6 Å². The lowest BCUT2D eigenvalue weighted by molar-refractivity contribution is 0.440. The molecule has 0 aliphatic rings. The third kappa shape index (κ3) is 3.13. The van der Waals surface area contributed by atoms with Crippen molar-refractivity contribution in [1.29, 1.82) is 5.41 Å². The van der Waals surface area contributed by atoms with E-state index in [1.807, 2.05) is 0 Å². The number of rotatable bonds is 3. The van der Waals surface area contributed by atoms with Gasteiger partial charge in [0.25, 0.3) is 0 Å². The maximum atomic E-state index is 14.1. The summed E-state index contributed by atoms with van der Waals surface area (Å²) in [5.41, 5.74) is 5.64. The van der Waals surface area contributed by atoms with E-state index in [1.165, 1.54) is 12.1 Å². The molecular weight excluding hydrogens is 379 g/mol. The predicted octanol–water partition coefficient (Wildman–Crippen LogP) is 4.43. The Balaban J connectivity index is 2.34. The van der Waals surface area contributed by atoms with Gasteiger partial charge in [0.2, 0.25) is 0 Å². The molecule has 0 saturated carbocycles. The molecule has 3 N–H and O–H groups in total. The SMILES string of the molecule is N=C(N)c1ccc(Oc2ccc(Br)cc2)c(F)c1Br. The molecule has 0 heterocycles. The second kappa shape index (κ2) is 5.71. The Morgan fingerprint density at radius 1 is 1.11 bits per heavy atom. The number of amidine groups is 1. The molecule has 0 spiro atoms. The highest BCUT2D eigenvalue weighted by atomic mass is 79.9. The predicted molar refractivity (Wildman–Crippen MR) is 79.3 cm³/mol. The molecule has 2 aromatic carbocycles. The Morgan fingerprint density at radius 2 is 1.74 bits per heavy atom. The lowest BCUT2D eigenvalue weighted by atomic mass is 10.2. The van der Waals surface area contributed by atoms with Crippen LogP contribution in [0, 0.1) is 11.2 Å². The van der Waals surface area contributed by atoms with Crippen molar-refractivity contribution < 1.29 is 9.13 Å². The Labute approximate surface area is 126 Å². The number of hydrogen-bond donors (Lipinski definition) is 2. The van der Waals surface area contributed by atoms with Gasteiger partial charge in [-0.15, -0.1) is 0 Å². The lowest BCUT2D eigenvalue weighted by Gasteiger charge is -2.10. The standard InChI is InChI=1S/C13H9Br2FN2O/c14-7-1-3-8(4-2-7)19-10-6-5-9(13(17)18)11(15)12(10)16/h1-6H,(H3,17,18). The average Bonchev–Trinajstić information content (AvgIpc) is 2.37. The summed E-state index contributed by atoms with van der Waals surface area (Å²) < 4.78 is 20.5. The van der Waals surface area contributed by atoms with Gasteiger partial charge in [0, 0.05) is 10.0 Å². The number of ether oxygens (including phenoxy) is 1. The minimum atomic E-state index is -0.587. The van der Waals surface area contributed by atoms with Crippen molar-refractivity contribution in [2.45, 2.75) is 0 Å². The van der Waals surface area contributed by atoms with Crippen LogP contribution in [-0.2, 0) is 0 Å². The molecule has 2 rings (SSSR count). The van der Waals surface area contributed by atoms with Gasteiger partial charge in [0.05, 0.1) is 4.47 Å². The van der Waals surface area contributed by atoms with Crippen molar-refractivity contribution in [1.82, 2.24) is 0 Å². The zero-order valence-electron chi connectivity index (χ0n) is 9.58. The molecule has 19 heavy (non-hydrogen) atoms. The van der Waals surface area contributed by atoms with Gasteiger partial charge in [-0.3, -0.25) is 5.41 Å². The van der Waals surface area contributed by atoms with Crippen LogP contribution in [0.3, 0.4) is 0 Å². The van der Waals surface area contributed by atoms with Crippen LogP contribution in [0.5, 0.6) is 11.5 Å². The molecular formula is C13H9Br2FN2O. The van der Waals surface area contributed by atoms with Gasteiger partial charge in [-0.05, 0) is 52.3 Å². The minimum absolute atomic E-state index is 0.0687. The van der Waals surface area contributed by atoms with Crippen LogP contribution in [0.2, 0.25) is 0 Å². The molecule has 98 valence electrons. The highest BCUT2D eigenvalue weighted by Crippen LogP contribution is 2.31. The van der Waals surface area contributed by atoms with E-state index >= 15 is 0 Å². The fourth-order valence-electron chi connectivity index (χ4n) is 1.45. The lowest BCUT2D eigenvalue weighted by Crippen LogP contribution is -2.12. The summed E-state index contributed by atoms with van der Waals surface area (Å²) >= 11 is 6.38. The molecule has 0 aliphatic heterocycles. The smallest absolute Gasteiger partial charge is 0.180 e. The topological polar surface area (TPSA) is 59.1 Å². The minimum Gasteiger partial charge on any atom is -0.454 e. The van der Waals surface area contributed by atoms with Crippen molar-refractivity contribution in [3.63, 3.8) is 0 Å². The maximum Gasteiger partial charge on any atom is 0.180 e. The molecule has 0 fully saturated rings. The number of nitrogens with two attached hydrogens (primary N) is 1. The van der Waals surface area contributed by atoms with Gasteiger partial charge < -0.3 is 10.5 Å². The first-order valence-corrected chi connectivity index (χ1v) is 6.83. The van der Waals surface area contributed by atoms with Gasteiger partial charge in [-0.2, -0.15) is 0 Å². The van der Waals surface area contributed by atoms with Crippen molar-refractivity contribution in [3.8, 4) is 11.5 Å². The van der Waals surface area contributed by atoms with Crippen molar-refractivity contribution >= 4 is 37.7 Å². The van der Waals surface area contributed by atoms with Gasteiger partial charge in [0.15, 0.2) is 11.6 Å². The fraction of sp³-hybridized carbons (Fsp3) is 0. The molecule has 0 amide bonds. The van der Waals surface area contributed by atoms with E-state index < -0.39 is 5.82 Å². The summed E-state index contributed by atoms with van der Waals surface area (Å²) in [6, 6.07) is 10.0. The summed E-state index contributed by atoms with van der Waals surface area (Å²) in [6.45, 7) is 0. The third-order valence-electron chi connectivity index (χ3n) is 2.38. The number of nitrogens with one attached hydrogen (secondary N) is 1. The third-order valence-corrected chi connectivity index (χ3v) is 3.68. The highest BCUT2D eigenvalue weighted by molar-refractivity contribution is 9.10. The molecule has 6 heteroatoms. The van der Waals surface area contributed by atoms with Crippen molar-refractivity contribution in [2.75, 3.05) is 0 Å². The number of hydrogen-bond acceptors (Lipinski definition) is 2. The van der Waals surface area contributed by atoms with E-state index in [0.29, 0.717) is 11.3 Å². The largest absolute Gasteiger partial charge is 0.454 e. The summed E-state index contributed by atoms with van der Waals surface area (Å²) in [5.74, 6) is -0.208. The average molecular weight is 388 g/mol. The molecule has 0 aliphatic carbocycles. The summed E-state index contributed by atoms with van der Waals surface area (Å²) in [4.78, 5) is 0. The zero-order chi connectivity index (χ0) is 14.0. The molecule has 0 atom stereocenters. The Morgan fingerprint density at radius 3 is 2.32 bits per heavy atom. The summed E-state index contributed by atoms with van der Waals surface area (Å²) in [6.07, 6.45) is 0. The molecule has 0 bridgehead atoms. The maximum absolute atomic E-state index is 14.1. The van der Waals surface area contributed by atoms with Gasteiger partial charge in [-0.1, -0.05) is 15.9 Å². The van der Waals surface area contributed by atoms with Crippen LogP contribution >= 0.6 is 31.9 Å². The van der Waals surface area contributed by atoms with E-state index in [4.69, 9.17) is 15.9 Å². The second-order valence-electron chi connectivity index (χ2n) is 3.71. The van der Waals surface area contributed by atoms with Crippen molar-refractivity contribution in [2.24, 2.45) is 5.73 Å². The number of benzene rings is 2. The van der Waals surface area contributed by atoms with Crippen LogP contribution in [0.15, 0.2) is 45.3 Å². The van der Waals surface area contributed by atoms with Crippen LogP contribution in [0.25, 0.3) is 0 Å². The van der Waals surface area contributed by atoms with Crippen molar-refractivity contribution in [3.05, 3.63) is 56.7 Å². The first-order chi connectivity index (χ1) is 8.99. The normalized spacial score (nSPS) is 10.3. The molecule has 0 saturated heterocycles. The van der Waals surface area contributed by atoms with E-state index in [2.05, 4.69) is 31.9 Å². The molecule has 2 aromatic rings. The first-order valence-electron chi connectivity index (χ1n) is 5.25. The monoisotopic (exact) mass is 386 g/mol. The van der Waals surface area contributed by atoms with Crippen LogP contribution in [0.1, 0.15) is 5.56 Å². The van der Waals surface area contributed by atoms with Crippen LogP contribution in [0.4, 0.5) is 4.39 Å². The van der Waals surface area contributed by atoms with Gasteiger partial charge >= 0.3 is 0 Å². The summed E-state index contributed by atoms with van der Waals surface area (Å²) in [5, 5.41) is 7.32. The highest BCUT2D eigenvalue weighted by Gasteiger charge is 2.14. The first kappa shape index (κ1) is 14.0. The Hall–Kier alpha value is -1.40. The van der Waals surface area contributed by atoms with E-state index in [0.717, 1.165) is 4.47 Å². The van der Waals surface area contributed by atoms with E-state index in [1.54, 1.807) is 24.3 Å². The molecule has 3 nitrogen and oxygen atoms in total. The Bertz CT molecular complexity index is 629. The van der Waals surface area contributed by atoms with E-state index in [9.17, 15) is 4.39 Å². The number of halogens is 3. The molecule has 0 radical (unpaired) electrons. The molecule has 0 unspecified atom stereocenters. The fourth-order valence-corrected chi connectivity index (χ4v) is 2.25. The second-order valence-corrected chi connectivity index (χ2v) is 5.42. The quantitative estimate of drug-likeness (QED) is 0.604. The number of nitrogen functional groups attached to an aromatic ring is 1. The van der Waals surface area contributed by atoms with E-state index in [-0.39, 0.29) is 16.1 Å².